The van der Waals surface area contributed by atoms with Crippen LogP contribution in [0.15, 0.2) is 101 Å². The highest BCUT2D eigenvalue weighted by Crippen LogP contribution is 2.36. The van der Waals surface area contributed by atoms with Gasteiger partial charge in [0.15, 0.2) is 5.78 Å². The molecule has 4 nitrogen and oxygen atoms in total. The van der Waals surface area contributed by atoms with Gasteiger partial charge >= 0.3 is 0 Å². The minimum absolute atomic E-state index is 0.103. The number of rotatable bonds is 8. The van der Waals surface area contributed by atoms with Crippen molar-refractivity contribution in [3.8, 4) is 0 Å². The maximum Gasteiger partial charge on any atom is 0.244 e. The Labute approximate surface area is 196 Å². The van der Waals surface area contributed by atoms with Crippen molar-refractivity contribution in [2.75, 3.05) is 0 Å². The van der Waals surface area contributed by atoms with Gasteiger partial charge in [0.05, 0.1) is 10.9 Å². The lowest BCUT2D eigenvalue weighted by Crippen LogP contribution is -2.43. The first kappa shape index (κ1) is 23.1. The first-order chi connectivity index (χ1) is 15.9. The zero-order valence-electron chi connectivity index (χ0n) is 19.0. The van der Waals surface area contributed by atoms with E-state index in [-0.39, 0.29) is 16.7 Å². The van der Waals surface area contributed by atoms with Gasteiger partial charge in [-0.15, -0.1) is 0 Å². The van der Waals surface area contributed by atoms with Crippen LogP contribution in [0.3, 0.4) is 0 Å². The van der Waals surface area contributed by atoms with Gasteiger partial charge in [-0.1, -0.05) is 91.4 Å². The van der Waals surface area contributed by atoms with Gasteiger partial charge in [-0.05, 0) is 43.9 Å². The fraction of sp³-hybridized carbons (Fsp3) is 0.250. The van der Waals surface area contributed by atoms with Crippen molar-refractivity contribution in [3.05, 3.63) is 113 Å². The highest BCUT2D eigenvalue weighted by Gasteiger charge is 2.44. The Morgan fingerprint density at radius 1 is 0.879 bits per heavy atom. The van der Waals surface area contributed by atoms with Crippen LogP contribution in [-0.2, 0) is 16.4 Å². The molecule has 4 rings (SSSR count). The molecular weight excluding hydrogens is 430 g/mol. The molecule has 0 aliphatic carbocycles. The molecule has 0 amide bonds. The molecule has 2 atom stereocenters. The molecule has 0 spiro atoms. The van der Waals surface area contributed by atoms with E-state index in [1.54, 1.807) is 28.6 Å². The largest absolute Gasteiger partial charge is 0.289 e. The van der Waals surface area contributed by atoms with Gasteiger partial charge in [-0.2, -0.15) is 4.31 Å². The number of benzene rings is 3. The molecule has 3 aromatic carbocycles. The Hall–Kier alpha value is -3.02. The second-order valence-electron chi connectivity index (χ2n) is 8.48. The summed E-state index contributed by atoms with van der Waals surface area (Å²) in [4.78, 5) is 13.8. The van der Waals surface area contributed by atoms with E-state index >= 15 is 0 Å². The quantitative estimate of drug-likeness (QED) is 0.413. The lowest BCUT2D eigenvalue weighted by molar-refractivity contribution is 0.102. The molecule has 0 bridgehead atoms. The molecule has 1 heterocycles. The summed E-state index contributed by atoms with van der Waals surface area (Å²) >= 11 is 0. The maximum absolute atomic E-state index is 13.8. The summed E-state index contributed by atoms with van der Waals surface area (Å²) in [5.74, 6) is -0.103. The van der Waals surface area contributed by atoms with Crippen LogP contribution in [-0.4, -0.2) is 30.6 Å². The number of sulfonamides is 1. The summed E-state index contributed by atoms with van der Waals surface area (Å²) in [5, 5.41) is 0. The van der Waals surface area contributed by atoms with Crippen LogP contribution in [0.5, 0.6) is 0 Å². The van der Waals surface area contributed by atoms with Crippen molar-refractivity contribution in [1.29, 1.82) is 0 Å². The number of ketones is 1. The smallest absolute Gasteiger partial charge is 0.244 e. The molecule has 0 radical (unpaired) electrons. The van der Waals surface area contributed by atoms with Crippen molar-refractivity contribution in [2.24, 2.45) is 0 Å². The van der Waals surface area contributed by atoms with Crippen molar-refractivity contribution >= 4 is 15.8 Å². The molecule has 0 unspecified atom stereocenters. The monoisotopic (exact) mass is 459 g/mol. The van der Waals surface area contributed by atoms with Gasteiger partial charge in [0.25, 0.3) is 0 Å². The highest BCUT2D eigenvalue weighted by molar-refractivity contribution is 7.89. The number of hydrogen-bond donors (Lipinski definition) is 0. The van der Waals surface area contributed by atoms with E-state index in [9.17, 15) is 13.2 Å². The third kappa shape index (κ3) is 4.85. The number of hydrogen-bond acceptors (Lipinski definition) is 3. The normalized spacial score (nSPS) is 18.8. The van der Waals surface area contributed by atoms with E-state index in [0.29, 0.717) is 30.4 Å². The third-order valence-corrected chi connectivity index (χ3v) is 8.18. The Morgan fingerprint density at radius 2 is 1.48 bits per heavy atom. The summed E-state index contributed by atoms with van der Waals surface area (Å²) in [6, 6.07) is 25.2. The van der Waals surface area contributed by atoms with E-state index in [4.69, 9.17) is 0 Å². The first-order valence-corrected chi connectivity index (χ1v) is 12.8. The molecule has 1 aliphatic rings. The summed E-state index contributed by atoms with van der Waals surface area (Å²) < 4.78 is 29.2. The van der Waals surface area contributed by atoms with Gasteiger partial charge in [-0.25, -0.2) is 8.42 Å². The predicted molar refractivity (Wildman–Crippen MR) is 132 cm³/mol. The van der Waals surface area contributed by atoms with Crippen LogP contribution >= 0.6 is 0 Å². The molecule has 33 heavy (non-hydrogen) atoms. The van der Waals surface area contributed by atoms with Crippen LogP contribution in [0.2, 0.25) is 0 Å². The van der Waals surface area contributed by atoms with Crippen molar-refractivity contribution in [2.45, 2.75) is 50.1 Å². The number of aryl methyl sites for hydroxylation is 2. The molecule has 1 aliphatic heterocycles. The van der Waals surface area contributed by atoms with E-state index in [0.717, 1.165) is 11.1 Å². The minimum Gasteiger partial charge on any atom is -0.289 e. The Kier molecular flexibility index (Phi) is 6.91. The third-order valence-electron chi connectivity index (χ3n) is 6.23. The lowest BCUT2D eigenvalue weighted by atomic mass is 9.94. The Balaban J connectivity index is 1.74. The first-order valence-electron chi connectivity index (χ1n) is 11.4. The molecule has 0 saturated heterocycles. The van der Waals surface area contributed by atoms with Gasteiger partial charge in [0.2, 0.25) is 10.0 Å². The van der Waals surface area contributed by atoms with Crippen LogP contribution in [0.4, 0.5) is 0 Å². The van der Waals surface area contributed by atoms with Crippen LogP contribution in [0.25, 0.3) is 0 Å². The fourth-order valence-electron chi connectivity index (χ4n) is 4.45. The average molecular weight is 460 g/mol. The topological polar surface area (TPSA) is 54.5 Å². The van der Waals surface area contributed by atoms with E-state index in [1.165, 1.54) is 0 Å². The van der Waals surface area contributed by atoms with E-state index in [1.807, 2.05) is 80.6 Å². The minimum atomic E-state index is -3.79. The van der Waals surface area contributed by atoms with Gasteiger partial charge in [0.1, 0.15) is 0 Å². The van der Waals surface area contributed by atoms with Crippen molar-refractivity contribution in [1.82, 2.24) is 4.31 Å². The van der Waals surface area contributed by atoms with Crippen LogP contribution in [0.1, 0.15) is 41.3 Å². The maximum atomic E-state index is 13.8. The van der Waals surface area contributed by atoms with Crippen LogP contribution < -0.4 is 0 Å². The number of carbonyl (C=O) groups is 1. The van der Waals surface area contributed by atoms with Gasteiger partial charge in [0, 0.05) is 17.2 Å². The molecule has 0 N–H and O–H groups in total. The lowest BCUT2D eigenvalue weighted by Gasteiger charge is -2.30. The molecule has 3 aromatic rings. The second kappa shape index (κ2) is 9.86. The second-order valence-corrected chi connectivity index (χ2v) is 10.3. The molecule has 0 fully saturated rings. The Bertz CT molecular complexity index is 1230. The van der Waals surface area contributed by atoms with Gasteiger partial charge < -0.3 is 0 Å². The highest BCUT2D eigenvalue weighted by atomic mass is 32.2. The summed E-state index contributed by atoms with van der Waals surface area (Å²) in [6.07, 6.45) is 3.69. The van der Waals surface area contributed by atoms with Crippen molar-refractivity contribution < 1.29 is 13.2 Å². The Morgan fingerprint density at radius 3 is 2.09 bits per heavy atom. The van der Waals surface area contributed by atoms with Crippen LogP contribution in [0, 0.1) is 6.92 Å². The van der Waals surface area contributed by atoms with E-state index < -0.39 is 16.1 Å². The molecule has 170 valence electrons. The standard InChI is InChI=1S/C28H29NO3S/c1-3-24-20-26(28(30)23-12-8-5-9-13-23)27(19-16-22-10-6-4-7-11-22)29(24)33(31,32)25-17-14-21(2)15-18-25/h4-15,17-18,20,24,27H,3,16,19H2,1-2H3/t24-,27+/m1/s1. The molecular formula is C28H29NO3S. The van der Waals surface area contributed by atoms with Crippen molar-refractivity contribution in [3.63, 3.8) is 0 Å². The molecule has 0 aromatic heterocycles. The SMILES string of the molecule is CC[C@@H]1C=C(C(=O)c2ccccc2)[C@H](CCc2ccccc2)N1S(=O)(=O)c1ccc(C)cc1. The molecule has 0 saturated carbocycles. The number of Topliss-reactive ketones (excluding diaryl/α,β-unsaturated/α-hetero) is 1. The summed E-state index contributed by atoms with van der Waals surface area (Å²) in [6.45, 7) is 3.89. The van der Waals surface area contributed by atoms with Gasteiger partial charge in [-0.3, -0.25) is 4.79 Å². The fourth-order valence-corrected chi connectivity index (χ4v) is 6.29. The average Bonchev–Trinajstić information content (AvgIpc) is 3.23. The summed E-state index contributed by atoms with van der Waals surface area (Å²) in [5.41, 5.74) is 3.27. The predicted octanol–water partition coefficient (Wildman–Crippen LogP) is 5.59. The number of nitrogens with zero attached hydrogens (tertiary/aromatic N) is 1. The zero-order chi connectivity index (χ0) is 23.4. The molecule has 5 heteroatoms. The zero-order valence-corrected chi connectivity index (χ0v) is 19.8. The number of carbonyl (C=O) groups excluding carboxylic acids is 1. The van der Waals surface area contributed by atoms with E-state index in [2.05, 4.69) is 0 Å². The summed E-state index contributed by atoms with van der Waals surface area (Å²) in [7, 11) is -3.79.